The molecule has 1 unspecified atom stereocenters. The summed E-state index contributed by atoms with van der Waals surface area (Å²) in [6, 6.07) is 18.2. The van der Waals surface area contributed by atoms with Gasteiger partial charge in [-0.25, -0.2) is 9.78 Å². The molecule has 5 rings (SSSR count). The van der Waals surface area contributed by atoms with E-state index in [9.17, 15) is 9.90 Å². The van der Waals surface area contributed by atoms with Gasteiger partial charge in [0.2, 0.25) is 0 Å². The molecule has 0 amide bonds. The highest BCUT2D eigenvalue weighted by Gasteiger charge is 2.36. The molecule has 0 saturated carbocycles. The minimum absolute atomic E-state index is 0.235. The number of rotatable bonds is 9. The lowest BCUT2D eigenvalue weighted by Crippen LogP contribution is -2.39. The van der Waals surface area contributed by atoms with Gasteiger partial charge in [-0.15, -0.1) is 11.3 Å². The monoisotopic (exact) mass is 627 g/mol. The number of carbonyl (C=O) groups is 1. The van der Waals surface area contributed by atoms with Crippen LogP contribution < -0.4 is 9.64 Å². The van der Waals surface area contributed by atoms with E-state index in [4.69, 9.17) is 19.4 Å². The van der Waals surface area contributed by atoms with Gasteiger partial charge in [-0.05, 0) is 77.5 Å². The summed E-state index contributed by atoms with van der Waals surface area (Å²) in [6.45, 7) is 18.3. The summed E-state index contributed by atoms with van der Waals surface area (Å²) in [7, 11) is 0. The van der Waals surface area contributed by atoms with E-state index in [1.165, 1.54) is 0 Å². The minimum atomic E-state index is -1.15. The largest absolute Gasteiger partial charge is 0.488 e. The number of carboxylic acids is 1. The standard InChI is InChI=1S/C37H45N3O4S/c1-23-29(45-34(39-23)27-12-10-9-11-13-27)22-43-28-16-14-26(15-17-28)30-24(2)38-25(3)31(33(35(41)42)44-36(4,5)6)32(30)40-20-18-37(7,8)19-21-40/h9-17,33H,18-22H2,1-8H3,(H,41,42). The summed E-state index contributed by atoms with van der Waals surface area (Å²) in [6.07, 6.45) is 0.882. The van der Waals surface area contributed by atoms with Gasteiger partial charge >= 0.3 is 5.97 Å². The third-order valence-electron chi connectivity index (χ3n) is 8.40. The summed E-state index contributed by atoms with van der Waals surface area (Å²) in [4.78, 5) is 25.8. The molecular weight excluding hydrogens is 582 g/mol. The lowest BCUT2D eigenvalue weighted by Gasteiger charge is -2.41. The zero-order chi connectivity index (χ0) is 32.5. The normalized spacial score (nSPS) is 15.6. The van der Waals surface area contributed by atoms with Crippen molar-refractivity contribution >= 4 is 23.0 Å². The number of anilines is 1. The van der Waals surface area contributed by atoms with Crippen LogP contribution in [0.1, 0.15) is 81.1 Å². The maximum atomic E-state index is 12.7. The molecule has 1 N–H and O–H groups in total. The molecule has 7 nitrogen and oxygen atoms in total. The van der Waals surface area contributed by atoms with Crippen molar-refractivity contribution in [2.45, 2.75) is 86.5 Å². The molecule has 0 spiro atoms. The number of hydrogen-bond acceptors (Lipinski definition) is 7. The van der Waals surface area contributed by atoms with Crippen LogP contribution in [0.5, 0.6) is 5.75 Å². The molecule has 2 aromatic carbocycles. The average Bonchev–Trinajstić information content (AvgIpc) is 3.35. The Bertz CT molecular complexity index is 1650. The van der Waals surface area contributed by atoms with E-state index in [2.05, 4.69) is 30.9 Å². The van der Waals surface area contributed by atoms with Gasteiger partial charge in [-0.3, -0.25) is 4.98 Å². The molecule has 1 fully saturated rings. The number of aryl methyl sites for hydroxylation is 3. The number of carboxylic acid groups (broad SMARTS) is 1. The Morgan fingerprint density at radius 1 is 0.933 bits per heavy atom. The van der Waals surface area contributed by atoms with Crippen molar-refractivity contribution in [3.63, 3.8) is 0 Å². The smallest absolute Gasteiger partial charge is 0.337 e. The summed E-state index contributed by atoms with van der Waals surface area (Å²) in [5.74, 6) is -0.257. The fraction of sp³-hybridized carbons (Fsp3) is 0.432. The quantitative estimate of drug-likeness (QED) is 0.198. The third kappa shape index (κ3) is 7.56. The van der Waals surface area contributed by atoms with Crippen LogP contribution in [0.25, 0.3) is 21.7 Å². The van der Waals surface area contributed by atoms with Gasteiger partial charge in [0.05, 0.1) is 21.9 Å². The number of piperidine rings is 1. The number of thiazole rings is 1. The second-order valence-corrected chi connectivity index (χ2v) is 14.8. The number of benzene rings is 2. The summed E-state index contributed by atoms with van der Waals surface area (Å²) >= 11 is 1.65. The highest BCUT2D eigenvalue weighted by molar-refractivity contribution is 7.15. The summed E-state index contributed by atoms with van der Waals surface area (Å²) in [5.41, 5.74) is 6.66. The molecule has 0 radical (unpaired) electrons. The molecule has 1 atom stereocenters. The molecular formula is C37H45N3O4S. The maximum absolute atomic E-state index is 12.7. The van der Waals surface area contributed by atoms with E-state index < -0.39 is 17.7 Å². The fourth-order valence-corrected chi connectivity index (χ4v) is 6.87. The van der Waals surface area contributed by atoms with Gasteiger partial charge < -0.3 is 19.5 Å². The first-order valence-corrected chi connectivity index (χ1v) is 16.5. The van der Waals surface area contributed by atoms with E-state index in [0.29, 0.717) is 17.9 Å². The zero-order valence-corrected chi connectivity index (χ0v) is 28.5. The van der Waals surface area contributed by atoms with Gasteiger partial charge in [0.25, 0.3) is 0 Å². The molecule has 3 heterocycles. The van der Waals surface area contributed by atoms with Crippen molar-refractivity contribution in [3.05, 3.63) is 82.1 Å². The second kappa shape index (κ2) is 12.9. The molecule has 2 aromatic heterocycles. The number of aliphatic carboxylic acids is 1. The molecule has 0 bridgehead atoms. The van der Waals surface area contributed by atoms with Gasteiger partial charge in [0.15, 0.2) is 6.10 Å². The van der Waals surface area contributed by atoms with Crippen molar-refractivity contribution in [1.82, 2.24) is 9.97 Å². The van der Waals surface area contributed by atoms with Crippen molar-refractivity contribution in [3.8, 4) is 27.4 Å². The molecule has 1 saturated heterocycles. The molecule has 238 valence electrons. The number of nitrogens with zero attached hydrogens (tertiary/aromatic N) is 3. The molecule has 4 aromatic rings. The van der Waals surface area contributed by atoms with Crippen LogP contribution >= 0.6 is 11.3 Å². The Kier molecular flexibility index (Phi) is 9.38. The minimum Gasteiger partial charge on any atom is -0.488 e. The molecule has 1 aliphatic heterocycles. The Morgan fingerprint density at radius 2 is 1.58 bits per heavy atom. The zero-order valence-electron chi connectivity index (χ0n) is 27.7. The molecule has 1 aliphatic rings. The number of ether oxygens (including phenoxy) is 2. The maximum Gasteiger partial charge on any atom is 0.337 e. The molecule has 0 aliphatic carbocycles. The van der Waals surface area contributed by atoms with Crippen molar-refractivity contribution < 1.29 is 19.4 Å². The van der Waals surface area contributed by atoms with Gasteiger partial charge in [-0.2, -0.15) is 0 Å². The van der Waals surface area contributed by atoms with Crippen LogP contribution in [0.2, 0.25) is 0 Å². The first-order chi connectivity index (χ1) is 21.2. The topological polar surface area (TPSA) is 84.8 Å². The number of hydrogen-bond donors (Lipinski definition) is 1. The first kappa shape index (κ1) is 32.6. The van der Waals surface area contributed by atoms with Crippen LogP contribution in [-0.4, -0.2) is 39.7 Å². The predicted molar refractivity (Wildman–Crippen MR) is 182 cm³/mol. The second-order valence-electron chi connectivity index (χ2n) is 13.7. The third-order valence-corrected chi connectivity index (χ3v) is 9.58. The van der Waals surface area contributed by atoms with Crippen LogP contribution in [0, 0.1) is 26.2 Å². The first-order valence-electron chi connectivity index (χ1n) is 15.6. The number of pyridine rings is 1. The Hall–Kier alpha value is -3.75. The highest BCUT2D eigenvalue weighted by atomic mass is 32.1. The predicted octanol–water partition coefficient (Wildman–Crippen LogP) is 8.94. The van der Waals surface area contributed by atoms with Gasteiger partial charge in [0.1, 0.15) is 17.4 Å². The lowest BCUT2D eigenvalue weighted by atomic mass is 9.82. The lowest BCUT2D eigenvalue weighted by molar-refractivity contribution is -0.160. The molecule has 8 heteroatoms. The van der Waals surface area contributed by atoms with E-state index in [0.717, 1.165) is 75.3 Å². The van der Waals surface area contributed by atoms with Crippen LogP contribution in [0.15, 0.2) is 54.6 Å². The summed E-state index contributed by atoms with van der Waals surface area (Å²) in [5, 5.41) is 11.4. The Morgan fingerprint density at radius 3 is 2.18 bits per heavy atom. The van der Waals surface area contributed by atoms with Gasteiger partial charge in [-0.1, -0.05) is 56.3 Å². The average molecular weight is 628 g/mol. The van der Waals surface area contributed by atoms with E-state index in [1.807, 2.05) is 84.0 Å². The van der Waals surface area contributed by atoms with E-state index >= 15 is 0 Å². The number of aromatic nitrogens is 2. The van der Waals surface area contributed by atoms with Crippen LogP contribution in [0.3, 0.4) is 0 Å². The Labute approximate surface area is 271 Å². The van der Waals surface area contributed by atoms with Crippen molar-refractivity contribution in [1.29, 1.82) is 0 Å². The van der Waals surface area contributed by atoms with E-state index in [-0.39, 0.29) is 5.41 Å². The SMILES string of the molecule is Cc1nc(-c2ccccc2)sc1COc1ccc(-c2c(C)nc(C)c(C(OC(C)(C)C)C(=O)O)c2N2CCC(C)(C)CC2)cc1. The highest BCUT2D eigenvalue weighted by Crippen LogP contribution is 2.45. The van der Waals surface area contributed by atoms with Crippen molar-refractivity contribution in [2.24, 2.45) is 5.41 Å². The summed E-state index contributed by atoms with van der Waals surface area (Å²) < 4.78 is 12.4. The van der Waals surface area contributed by atoms with E-state index in [1.54, 1.807) is 11.3 Å². The Balaban J connectivity index is 1.49. The van der Waals surface area contributed by atoms with Crippen LogP contribution in [0.4, 0.5) is 5.69 Å². The van der Waals surface area contributed by atoms with Crippen molar-refractivity contribution in [2.75, 3.05) is 18.0 Å². The fourth-order valence-electron chi connectivity index (χ4n) is 5.89. The van der Waals surface area contributed by atoms with Gasteiger partial charge in [0, 0.05) is 41.2 Å². The molecule has 45 heavy (non-hydrogen) atoms. The van der Waals surface area contributed by atoms with Crippen LogP contribution in [-0.2, 0) is 16.1 Å².